The maximum atomic E-state index is 11.4. The first-order valence-electron chi connectivity index (χ1n) is 6.35. The van der Waals surface area contributed by atoms with E-state index in [9.17, 15) is 8.42 Å². The van der Waals surface area contributed by atoms with Crippen LogP contribution < -0.4 is 5.73 Å². The smallest absolute Gasteiger partial charge is 0.175 e. The first-order chi connectivity index (χ1) is 9.70. The van der Waals surface area contributed by atoms with Gasteiger partial charge in [0.15, 0.2) is 9.84 Å². The Bertz CT molecular complexity index is 709. The van der Waals surface area contributed by atoms with E-state index in [-0.39, 0.29) is 5.82 Å². The Kier molecular flexibility index (Phi) is 5.67. The molecule has 0 aromatic heterocycles. The molecule has 0 saturated carbocycles. The minimum Gasteiger partial charge on any atom is -0.384 e. The van der Waals surface area contributed by atoms with Crippen molar-refractivity contribution >= 4 is 21.1 Å². The Morgan fingerprint density at radius 2 is 1.81 bits per heavy atom. The third-order valence-corrected chi connectivity index (χ3v) is 3.87. The molecule has 0 aliphatic carbocycles. The first kappa shape index (κ1) is 16.9. The van der Waals surface area contributed by atoms with Crippen LogP contribution in [0.5, 0.6) is 0 Å². The highest BCUT2D eigenvalue weighted by Gasteiger charge is 2.06. The van der Waals surface area contributed by atoms with Crippen LogP contribution in [0.25, 0.3) is 5.57 Å². The average Bonchev–Trinajstić information content (AvgIpc) is 2.36. The lowest BCUT2D eigenvalue weighted by Crippen LogP contribution is -1.96. The highest BCUT2D eigenvalue weighted by Crippen LogP contribution is 2.17. The van der Waals surface area contributed by atoms with Gasteiger partial charge in [0.1, 0.15) is 5.82 Å². The SMILES string of the molecule is C=C(N)/N=C(C)/C=C\C=C(/C)c1ccc(S(C)(=O)=O)cc1. The molecule has 21 heavy (non-hydrogen) atoms. The van der Waals surface area contributed by atoms with Gasteiger partial charge in [-0.05, 0) is 43.2 Å². The molecule has 0 radical (unpaired) electrons. The van der Waals surface area contributed by atoms with Crippen LogP contribution in [-0.4, -0.2) is 20.4 Å². The second-order valence-electron chi connectivity index (χ2n) is 4.75. The van der Waals surface area contributed by atoms with Crippen LogP contribution in [0.3, 0.4) is 0 Å². The molecule has 0 aliphatic rings. The van der Waals surface area contributed by atoms with Crippen molar-refractivity contribution < 1.29 is 8.42 Å². The predicted molar refractivity (Wildman–Crippen MR) is 88.8 cm³/mol. The minimum absolute atomic E-state index is 0.272. The fourth-order valence-electron chi connectivity index (χ4n) is 1.66. The molecular formula is C16H20N2O2S. The number of hydrogen-bond donors (Lipinski definition) is 1. The first-order valence-corrected chi connectivity index (χ1v) is 8.24. The van der Waals surface area contributed by atoms with Crippen LogP contribution in [-0.2, 0) is 9.84 Å². The molecule has 112 valence electrons. The van der Waals surface area contributed by atoms with Crippen molar-refractivity contribution in [3.8, 4) is 0 Å². The molecular weight excluding hydrogens is 284 g/mol. The number of aliphatic imine (C=N–C) groups is 1. The van der Waals surface area contributed by atoms with Crippen LogP contribution in [0.15, 0.2) is 64.8 Å². The second-order valence-corrected chi connectivity index (χ2v) is 6.77. The second kappa shape index (κ2) is 7.04. The van der Waals surface area contributed by atoms with Gasteiger partial charge >= 0.3 is 0 Å². The van der Waals surface area contributed by atoms with Crippen LogP contribution in [0.1, 0.15) is 19.4 Å². The predicted octanol–water partition coefficient (Wildman–Crippen LogP) is 2.94. The van der Waals surface area contributed by atoms with Gasteiger partial charge in [0.05, 0.1) is 4.90 Å². The Morgan fingerprint density at radius 1 is 1.24 bits per heavy atom. The minimum atomic E-state index is -3.15. The molecule has 0 aliphatic heterocycles. The molecule has 0 atom stereocenters. The van der Waals surface area contributed by atoms with Gasteiger partial charge in [0.2, 0.25) is 0 Å². The summed E-state index contributed by atoms with van der Waals surface area (Å²) < 4.78 is 22.8. The zero-order valence-corrected chi connectivity index (χ0v) is 13.3. The van der Waals surface area contributed by atoms with E-state index in [0.29, 0.717) is 4.90 Å². The van der Waals surface area contributed by atoms with Crippen LogP contribution in [0.2, 0.25) is 0 Å². The summed E-state index contributed by atoms with van der Waals surface area (Å²) in [5, 5.41) is 0. The zero-order valence-electron chi connectivity index (χ0n) is 12.5. The highest BCUT2D eigenvalue weighted by atomic mass is 32.2. The topological polar surface area (TPSA) is 72.5 Å². The van der Waals surface area contributed by atoms with Gasteiger partial charge in [-0.15, -0.1) is 0 Å². The molecule has 0 spiro atoms. The summed E-state index contributed by atoms with van der Waals surface area (Å²) in [5.74, 6) is 0.272. The monoisotopic (exact) mass is 304 g/mol. The largest absolute Gasteiger partial charge is 0.384 e. The van der Waals surface area contributed by atoms with E-state index in [0.717, 1.165) is 16.8 Å². The van der Waals surface area contributed by atoms with Crippen LogP contribution in [0, 0.1) is 0 Å². The summed E-state index contributed by atoms with van der Waals surface area (Å²) in [5.41, 5.74) is 8.13. The molecule has 0 unspecified atom stereocenters. The van der Waals surface area contributed by atoms with Crippen molar-refractivity contribution in [2.24, 2.45) is 10.7 Å². The van der Waals surface area contributed by atoms with E-state index in [1.807, 2.05) is 32.1 Å². The Labute approximate surface area is 126 Å². The van der Waals surface area contributed by atoms with E-state index < -0.39 is 9.84 Å². The van der Waals surface area contributed by atoms with Gasteiger partial charge in [0.25, 0.3) is 0 Å². The molecule has 0 amide bonds. The van der Waals surface area contributed by atoms with E-state index in [1.165, 1.54) is 6.26 Å². The van der Waals surface area contributed by atoms with Crippen molar-refractivity contribution in [1.29, 1.82) is 0 Å². The van der Waals surface area contributed by atoms with Crippen molar-refractivity contribution in [3.05, 3.63) is 60.5 Å². The van der Waals surface area contributed by atoms with Gasteiger partial charge in [0, 0.05) is 12.0 Å². The van der Waals surface area contributed by atoms with Gasteiger partial charge in [-0.1, -0.05) is 30.9 Å². The number of benzene rings is 1. The van der Waals surface area contributed by atoms with E-state index >= 15 is 0 Å². The zero-order chi connectivity index (χ0) is 16.0. The molecule has 5 heteroatoms. The van der Waals surface area contributed by atoms with E-state index in [1.54, 1.807) is 24.3 Å². The fraction of sp³-hybridized carbons (Fsp3) is 0.188. The Balaban J connectivity index is 2.89. The number of nitrogens with two attached hydrogens (primary N) is 1. The van der Waals surface area contributed by atoms with Gasteiger partial charge < -0.3 is 5.73 Å². The van der Waals surface area contributed by atoms with E-state index in [4.69, 9.17) is 5.73 Å². The highest BCUT2D eigenvalue weighted by molar-refractivity contribution is 7.90. The van der Waals surface area contributed by atoms with E-state index in [2.05, 4.69) is 11.6 Å². The molecule has 1 rings (SSSR count). The lowest BCUT2D eigenvalue weighted by Gasteiger charge is -2.02. The summed E-state index contributed by atoms with van der Waals surface area (Å²) in [6.45, 7) is 7.29. The standard InChI is InChI=1S/C16H20N2O2S/c1-12(6-5-7-13(2)18-14(3)17)15-8-10-16(11-9-15)21(4,19)20/h5-11H,3,17H2,1-2,4H3/b7-5-,12-6+,18-13+. The molecule has 0 heterocycles. The van der Waals surface area contributed by atoms with Gasteiger partial charge in [-0.25, -0.2) is 13.4 Å². The maximum absolute atomic E-state index is 11.4. The summed E-state index contributed by atoms with van der Waals surface area (Å²) in [7, 11) is -3.15. The van der Waals surface area contributed by atoms with Gasteiger partial charge in [-0.3, -0.25) is 0 Å². The van der Waals surface area contributed by atoms with Crippen molar-refractivity contribution in [2.75, 3.05) is 6.26 Å². The van der Waals surface area contributed by atoms with Crippen molar-refractivity contribution in [1.82, 2.24) is 0 Å². The summed E-state index contributed by atoms with van der Waals surface area (Å²) in [4.78, 5) is 4.32. The molecule has 0 bridgehead atoms. The number of allylic oxidation sites excluding steroid dienone is 4. The van der Waals surface area contributed by atoms with Crippen molar-refractivity contribution in [2.45, 2.75) is 18.7 Å². The Hall–Kier alpha value is -2.14. The molecule has 1 aromatic rings. The summed E-state index contributed by atoms with van der Waals surface area (Å²) in [6.07, 6.45) is 6.81. The number of sulfone groups is 1. The quantitative estimate of drug-likeness (QED) is 0.671. The lowest BCUT2D eigenvalue weighted by molar-refractivity contribution is 0.602. The fourth-order valence-corrected chi connectivity index (χ4v) is 2.29. The molecule has 0 fully saturated rings. The summed E-state index contributed by atoms with van der Waals surface area (Å²) in [6, 6.07) is 6.80. The number of hydrogen-bond acceptors (Lipinski definition) is 4. The Morgan fingerprint density at radius 3 is 2.29 bits per heavy atom. The lowest BCUT2D eigenvalue weighted by atomic mass is 10.1. The number of rotatable bonds is 5. The normalized spacial score (nSPS) is 13.7. The molecule has 4 nitrogen and oxygen atoms in total. The van der Waals surface area contributed by atoms with Crippen LogP contribution >= 0.6 is 0 Å². The average molecular weight is 304 g/mol. The van der Waals surface area contributed by atoms with Crippen LogP contribution in [0.4, 0.5) is 0 Å². The number of nitrogens with zero attached hydrogens (tertiary/aromatic N) is 1. The third kappa shape index (κ3) is 5.79. The molecule has 0 saturated heterocycles. The molecule has 2 N–H and O–H groups in total. The molecule has 1 aromatic carbocycles. The van der Waals surface area contributed by atoms with Crippen molar-refractivity contribution in [3.63, 3.8) is 0 Å². The third-order valence-electron chi connectivity index (χ3n) is 2.74. The maximum Gasteiger partial charge on any atom is 0.175 e. The van der Waals surface area contributed by atoms with Gasteiger partial charge in [-0.2, -0.15) is 0 Å². The summed E-state index contributed by atoms with van der Waals surface area (Å²) >= 11 is 0.